The van der Waals surface area contributed by atoms with Crippen LogP contribution in [0.15, 0.2) is 54.6 Å². The van der Waals surface area contributed by atoms with E-state index in [1.807, 2.05) is 30.3 Å². The average Bonchev–Trinajstić information content (AvgIpc) is 3.09. The minimum absolute atomic E-state index is 0.0145. The molecule has 0 aromatic heterocycles. The van der Waals surface area contributed by atoms with Gasteiger partial charge >= 0.3 is 6.03 Å². The number of hydrogen-bond acceptors (Lipinski definition) is 7. The number of nitrogens with zero attached hydrogens (tertiary/aromatic N) is 3. The van der Waals surface area contributed by atoms with Gasteiger partial charge in [0.15, 0.2) is 5.12 Å². The SMILES string of the molecule is CC(=O)SCCN(CCc1ccccc1)C(=O)N[C@@H](Cc1ccc([N+](=O)[O-])cc1)C(=O)NCCN(C1CCCCC1)C1CCCCC1. The van der Waals surface area contributed by atoms with E-state index in [4.69, 9.17) is 0 Å². The predicted molar refractivity (Wildman–Crippen MR) is 187 cm³/mol. The largest absolute Gasteiger partial charge is 0.353 e. The first-order valence-corrected chi connectivity index (χ1v) is 18.3. The van der Waals surface area contributed by atoms with E-state index in [-0.39, 0.29) is 29.2 Å². The maximum atomic E-state index is 13.8. The van der Waals surface area contributed by atoms with Gasteiger partial charge in [-0.05, 0) is 43.2 Å². The first-order chi connectivity index (χ1) is 22.8. The number of amides is 3. The van der Waals surface area contributed by atoms with Crippen LogP contribution in [0.3, 0.4) is 0 Å². The van der Waals surface area contributed by atoms with Gasteiger partial charge in [-0.2, -0.15) is 0 Å². The quantitative estimate of drug-likeness (QED) is 0.163. The molecule has 11 heteroatoms. The molecule has 2 N–H and O–H groups in total. The van der Waals surface area contributed by atoms with Gasteiger partial charge in [-0.15, -0.1) is 0 Å². The number of hydrogen-bond donors (Lipinski definition) is 2. The van der Waals surface area contributed by atoms with Gasteiger partial charge in [-0.1, -0.05) is 92.8 Å². The molecular formula is C36H51N5O5S. The number of thioether (sulfide) groups is 1. The third kappa shape index (κ3) is 12.3. The number of carbonyl (C=O) groups is 3. The third-order valence-corrected chi connectivity index (χ3v) is 10.2. The molecule has 10 nitrogen and oxygen atoms in total. The van der Waals surface area contributed by atoms with Crippen LogP contribution in [0.25, 0.3) is 0 Å². The van der Waals surface area contributed by atoms with Crippen LogP contribution < -0.4 is 10.6 Å². The summed E-state index contributed by atoms with van der Waals surface area (Å²) in [5, 5.41) is 17.3. The molecule has 47 heavy (non-hydrogen) atoms. The Labute approximate surface area is 283 Å². The summed E-state index contributed by atoms with van der Waals surface area (Å²) in [5.41, 5.74) is 1.77. The van der Waals surface area contributed by atoms with Crippen molar-refractivity contribution in [2.45, 2.75) is 102 Å². The van der Waals surface area contributed by atoms with Crippen LogP contribution in [0.4, 0.5) is 10.5 Å². The molecule has 0 aliphatic heterocycles. The Morgan fingerprint density at radius 1 is 0.851 bits per heavy atom. The van der Waals surface area contributed by atoms with E-state index >= 15 is 0 Å². The van der Waals surface area contributed by atoms with Crippen molar-refractivity contribution in [3.8, 4) is 0 Å². The fourth-order valence-corrected chi connectivity index (χ4v) is 7.48. The highest BCUT2D eigenvalue weighted by molar-refractivity contribution is 8.13. The molecule has 1 atom stereocenters. The maximum Gasteiger partial charge on any atom is 0.318 e. The van der Waals surface area contributed by atoms with Crippen molar-refractivity contribution in [2.75, 3.05) is 31.9 Å². The molecule has 4 rings (SSSR count). The van der Waals surface area contributed by atoms with Crippen LogP contribution in [0, 0.1) is 10.1 Å². The summed E-state index contributed by atoms with van der Waals surface area (Å²) < 4.78 is 0. The number of nitro benzene ring substituents is 1. The molecule has 2 aliphatic carbocycles. The first-order valence-electron chi connectivity index (χ1n) is 17.3. The molecule has 2 saturated carbocycles. The second-order valence-corrected chi connectivity index (χ2v) is 14.1. The van der Waals surface area contributed by atoms with Gasteiger partial charge < -0.3 is 15.5 Å². The van der Waals surface area contributed by atoms with Gasteiger partial charge in [0.1, 0.15) is 6.04 Å². The molecule has 2 fully saturated rings. The van der Waals surface area contributed by atoms with E-state index in [0.717, 1.165) is 12.1 Å². The van der Waals surface area contributed by atoms with Gasteiger partial charge in [0.05, 0.1) is 4.92 Å². The van der Waals surface area contributed by atoms with Crippen LogP contribution in [-0.4, -0.2) is 81.8 Å². The number of nitro groups is 1. The number of benzene rings is 2. The summed E-state index contributed by atoms with van der Waals surface area (Å²) in [5.74, 6) is 0.180. The molecule has 0 bridgehead atoms. The lowest BCUT2D eigenvalue weighted by molar-refractivity contribution is -0.384. The molecule has 2 aromatic carbocycles. The second kappa shape index (κ2) is 19.4. The third-order valence-electron chi connectivity index (χ3n) is 9.42. The standard InChI is InChI=1S/C36H51N5O5S/c1-28(42)47-26-25-39(23-21-29-11-5-2-6-12-29)36(44)38-34(27-30-17-19-33(20-18-30)41(45)46)35(43)37-22-24-40(31-13-7-3-8-14-31)32-15-9-4-10-16-32/h2,5-6,11-12,17-20,31-32,34H,3-4,7-10,13-16,21-27H2,1H3,(H,37,43)(H,38,44)/t34-/m0/s1. The summed E-state index contributed by atoms with van der Waals surface area (Å²) in [6, 6.07) is 15.9. The Bertz CT molecular complexity index is 1260. The van der Waals surface area contributed by atoms with E-state index in [2.05, 4.69) is 15.5 Å². The molecule has 0 radical (unpaired) electrons. The Hall–Kier alpha value is -3.44. The molecule has 3 amide bonds. The zero-order valence-electron chi connectivity index (χ0n) is 27.7. The van der Waals surface area contributed by atoms with Crippen molar-refractivity contribution in [3.05, 3.63) is 75.8 Å². The Morgan fingerprint density at radius 3 is 2.04 bits per heavy atom. The summed E-state index contributed by atoms with van der Waals surface area (Å²) in [6.45, 7) is 3.56. The van der Waals surface area contributed by atoms with Crippen LogP contribution in [0.5, 0.6) is 0 Å². The van der Waals surface area contributed by atoms with E-state index < -0.39 is 11.0 Å². The first kappa shape index (κ1) is 36.4. The van der Waals surface area contributed by atoms with Crippen LogP contribution in [0.1, 0.15) is 82.3 Å². The number of urea groups is 1. The van der Waals surface area contributed by atoms with Gasteiger partial charge in [0.25, 0.3) is 5.69 Å². The highest BCUT2D eigenvalue weighted by Gasteiger charge is 2.29. The Balaban J connectivity index is 1.45. The molecule has 0 heterocycles. The van der Waals surface area contributed by atoms with E-state index in [1.165, 1.54) is 95.0 Å². The van der Waals surface area contributed by atoms with Crippen LogP contribution >= 0.6 is 11.8 Å². The average molecular weight is 666 g/mol. The zero-order valence-corrected chi connectivity index (χ0v) is 28.6. The van der Waals surface area contributed by atoms with Gasteiger partial charge in [-0.25, -0.2) is 4.79 Å². The van der Waals surface area contributed by atoms with Crippen molar-refractivity contribution in [3.63, 3.8) is 0 Å². The number of non-ortho nitro benzene ring substituents is 1. The smallest absolute Gasteiger partial charge is 0.318 e. The molecule has 2 aromatic rings. The van der Waals surface area contributed by atoms with Crippen molar-refractivity contribution in [1.29, 1.82) is 0 Å². The lowest BCUT2D eigenvalue weighted by Gasteiger charge is -2.41. The highest BCUT2D eigenvalue weighted by Crippen LogP contribution is 2.29. The Kier molecular flexibility index (Phi) is 15.0. The van der Waals surface area contributed by atoms with Gasteiger partial charge in [0.2, 0.25) is 5.91 Å². The van der Waals surface area contributed by atoms with E-state index in [1.54, 1.807) is 17.0 Å². The summed E-state index contributed by atoms with van der Waals surface area (Å²) in [7, 11) is 0. The summed E-state index contributed by atoms with van der Waals surface area (Å²) in [6.07, 6.45) is 13.3. The maximum absolute atomic E-state index is 13.8. The van der Waals surface area contributed by atoms with Gasteiger partial charge in [-0.3, -0.25) is 24.6 Å². The minimum atomic E-state index is -0.874. The van der Waals surface area contributed by atoms with E-state index in [0.29, 0.717) is 49.5 Å². The van der Waals surface area contributed by atoms with E-state index in [9.17, 15) is 24.5 Å². The molecule has 256 valence electrons. The lowest BCUT2D eigenvalue weighted by Crippen LogP contribution is -2.54. The fraction of sp³-hybridized carbons (Fsp3) is 0.583. The van der Waals surface area contributed by atoms with Crippen molar-refractivity contribution in [1.82, 2.24) is 20.4 Å². The van der Waals surface area contributed by atoms with Crippen molar-refractivity contribution < 1.29 is 19.3 Å². The summed E-state index contributed by atoms with van der Waals surface area (Å²) >= 11 is 1.17. The Morgan fingerprint density at radius 2 is 1.47 bits per heavy atom. The fourth-order valence-electron chi connectivity index (χ4n) is 6.88. The zero-order chi connectivity index (χ0) is 33.4. The highest BCUT2D eigenvalue weighted by atomic mass is 32.2. The minimum Gasteiger partial charge on any atom is -0.353 e. The monoisotopic (exact) mass is 665 g/mol. The lowest BCUT2D eigenvalue weighted by atomic mass is 9.88. The molecule has 0 spiro atoms. The normalized spacial score (nSPS) is 16.4. The predicted octanol–water partition coefficient (Wildman–Crippen LogP) is 6.12. The van der Waals surface area contributed by atoms with Crippen molar-refractivity contribution in [2.24, 2.45) is 0 Å². The van der Waals surface area contributed by atoms with Crippen LogP contribution in [-0.2, 0) is 22.4 Å². The number of nitrogens with one attached hydrogen (secondary N) is 2. The molecular weight excluding hydrogens is 614 g/mol. The molecule has 0 saturated heterocycles. The molecule has 0 unspecified atom stereocenters. The van der Waals surface area contributed by atoms with Crippen LogP contribution in [0.2, 0.25) is 0 Å². The molecule has 2 aliphatic rings. The number of carbonyl (C=O) groups excluding carboxylic acids is 3. The number of rotatable bonds is 16. The van der Waals surface area contributed by atoms with Gasteiger partial charge in [0, 0.05) is 69.5 Å². The topological polar surface area (TPSA) is 125 Å². The second-order valence-electron chi connectivity index (χ2n) is 12.8. The van der Waals surface area contributed by atoms with Crippen molar-refractivity contribution >= 4 is 34.5 Å². The summed E-state index contributed by atoms with van der Waals surface area (Å²) in [4.78, 5) is 54.2.